The van der Waals surface area contributed by atoms with Gasteiger partial charge in [-0.1, -0.05) is 11.6 Å². The number of benzene rings is 1. The van der Waals surface area contributed by atoms with Crippen molar-refractivity contribution >= 4 is 22.6 Å². The van der Waals surface area contributed by atoms with Gasteiger partial charge < -0.3 is 9.88 Å². The van der Waals surface area contributed by atoms with E-state index in [0.717, 1.165) is 23.6 Å². The molecule has 0 bridgehead atoms. The van der Waals surface area contributed by atoms with Gasteiger partial charge in [-0.25, -0.2) is 4.98 Å². The smallest absolute Gasteiger partial charge is 0.0961 e. The lowest BCUT2D eigenvalue weighted by atomic mass is 10.2. The first kappa shape index (κ1) is 9.19. The molecule has 15 heavy (non-hydrogen) atoms. The fraction of sp³-hybridized carbons (Fsp3) is 0.364. The summed E-state index contributed by atoms with van der Waals surface area (Å²) in [4.78, 5) is 4.37. The highest BCUT2D eigenvalue weighted by molar-refractivity contribution is 6.31. The SMILES string of the molecule is Clc1ccc2c(c1)ncn2C1CCNC1. The van der Waals surface area contributed by atoms with Gasteiger partial charge in [-0.2, -0.15) is 0 Å². The maximum atomic E-state index is 5.93. The number of fused-ring (bicyclic) bond motifs is 1. The average Bonchev–Trinajstić information content (AvgIpc) is 2.82. The summed E-state index contributed by atoms with van der Waals surface area (Å²) in [7, 11) is 0. The van der Waals surface area contributed by atoms with E-state index in [2.05, 4.69) is 14.9 Å². The van der Waals surface area contributed by atoms with Crippen molar-refractivity contribution in [2.24, 2.45) is 0 Å². The number of halogens is 1. The number of nitrogens with one attached hydrogen (secondary N) is 1. The second-order valence-electron chi connectivity index (χ2n) is 3.93. The van der Waals surface area contributed by atoms with Gasteiger partial charge in [0.1, 0.15) is 0 Å². The Bertz CT molecular complexity index is 486. The molecule has 1 aromatic heterocycles. The highest BCUT2D eigenvalue weighted by Crippen LogP contribution is 2.23. The molecule has 4 heteroatoms. The molecule has 2 aromatic rings. The molecule has 1 atom stereocenters. The Morgan fingerprint density at radius 3 is 3.20 bits per heavy atom. The highest BCUT2D eigenvalue weighted by Gasteiger charge is 2.17. The van der Waals surface area contributed by atoms with E-state index in [0.29, 0.717) is 6.04 Å². The van der Waals surface area contributed by atoms with Gasteiger partial charge in [0, 0.05) is 17.6 Å². The Morgan fingerprint density at radius 2 is 2.40 bits per heavy atom. The first-order chi connectivity index (χ1) is 7.34. The van der Waals surface area contributed by atoms with Crippen LogP contribution in [-0.2, 0) is 0 Å². The van der Waals surface area contributed by atoms with Crippen molar-refractivity contribution in [1.29, 1.82) is 0 Å². The predicted octanol–water partition coefficient (Wildman–Crippen LogP) is 2.22. The number of hydrogen-bond acceptors (Lipinski definition) is 2. The second kappa shape index (κ2) is 3.51. The summed E-state index contributed by atoms with van der Waals surface area (Å²) in [6.45, 7) is 2.13. The Hall–Kier alpha value is -1.06. The first-order valence-electron chi connectivity index (χ1n) is 5.17. The number of rotatable bonds is 1. The molecule has 1 aliphatic heterocycles. The molecule has 0 aliphatic carbocycles. The van der Waals surface area contributed by atoms with Crippen LogP contribution in [0.1, 0.15) is 12.5 Å². The van der Waals surface area contributed by atoms with E-state index in [1.54, 1.807) is 0 Å². The quantitative estimate of drug-likeness (QED) is 0.801. The third-order valence-electron chi connectivity index (χ3n) is 2.96. The van der Waals surface area contributed by atoms with Crippen molar-refractivity contribution in [3.05, 3.63) is 29.5 Å². The van der Waals surface area contributed by atoms with Gasteiger partial charge >= 0.3 is 0 Å². The predicted molar refractivity (Wildman–Crippen MR) is 61.3 cm³/mol. The Labute approximate surface area is 93.1 Å². The molecule has 1 aromatic carbocycles. The number of hydrogen-bond donors (Lipinski definition) is 1. The van der Waals surface area contributed by atoms with Crippen molar-refractivity contribution in [2.75, 3.05) is 13.1 Å². The number of nitrogens with zero attached hydrogens (tertiary/aromatic N) is 2. The summed E-state index contributed by atoms with van der Waals surface area (Å²) in [5.41, 5.74) is 2.16. The lowest BCUT2D eigenvalue weighted by Crippen LogP contribution is -2.12. The van der Waals surface area contributed by atoms with E-state index >= 15 is 0 Å². The van der Waals surface area contributed by atoms with Crippen LogP contribution in [-0.4, -0.2) is 22.6 Å². The maximum absolute atomic E-state index is 5.93. The van der Waals surface area contributed by atoms with Crippen LogP contribution in [0.5, 0.6) is 0 Å². The van der Waals surface area contributed by atoms with Crippen LogP contribution in [0.15, 0.2) is 24.5 Å². The molecule has 1 N–H and O–H groups in total. The molecule has 1 unspecified atom stereocenters. The molecule has 3 nitrogen and oxygen atoms in total. The van der Waals surface area contributed by atoms with Crippen LogP contribution in [0.3, 0.4) is 0 Å². The Balaban J connectivity index is 2.11. The van der Waals surface area contributed by atoms with E-state index in [1.807, 2.05) is 24.5 Å². The highest BCUT2D eigenvalue weighted by atomic mass is 35.5. The fourth-order valence-electron chi connectivity index (χ4n) is 2.17. The average molecular weight is 222 g/mol. The third kappa shape index (κ3) is 1.52. The van der Waals surface area contributed by atoms with E-state index < -0.39 is 0 Å². The standard InChI is InChI=1S/C11H12ClN3/c12-8-1-2-11-10(5-8)14-7-15(11)9-3-4-13-6-9/h1-2,5,7,9,13H,3-4,6H2. The van der Waals surface area contributed by atoms with Crippen LogP contribution in [0, 0.1) is 0 Å². The van der Waals surface area contributed by atoms with Gasteiger partial charge in [0.05, 0.1) is 17.4 Å². The fourth-order valence-corrected chi connectivity index (χ4v) is 2.34. The molecule has 1 fully saturated rings. The summed E-state index contributed by atoms with van der Waals surface area (Å²) in [6, 6.07) is 6.42. The maximum Gasteiger partial charge on any atom is 0.0961 e. The molecule has 0 spiro atoms. The van der Waals surface area contributed by atoms with Gasteiger partial charge in [0.2, 0.25) is 0 Å². The topological polar surface area (TPSA) is 29.9 Å². The first-order valence-corrected chi connectivity index (χ1v) is 5.55. The van der Waals surface area contributed by atoms with Crippen LogP contribution < -0.4 is 5.32 Å². The van der Waals surface area contributed by atoms with Crippen LogP contribution >= 0.6 is 11.6 Å². The van der Waals surface area contributed by atoms with Gasteiger partial charge in [-0.15, -0.1) is 0 Å². The summed E-state index contributed by atoms with van der Waals surface area (Å²) < 4.78 is 2.24. The van der Waals surface area contributed by atoms with E-state index in [4.69, 9.17) is 11.6 Å². The van der Waals surface area contributed by atoms with Gasteiger partial charge in [0.25, 0.3) is 0 Å². The van der Waals surface area contributed by atoms with Crippen molar-refractivity contribution in [3.8, 4) is 0 Å². The monoisotopic (exact) mass is 221 g/mol. The molecule has 2 heterocycles. The molecular formula is C11H12ClN3. The second-order valence-corrected chi connectivity index (χ2v) is 4.37. The molecular weight excluding hydrogens is 210 g/mol. The van der Waals surface area contributed by atoms with Crippen molar-refractivity contribution < 1.29 is 0 Å². The summed E-state index contributed by atoms with van der Waals surface area (Å²) in [5, 5.41) is 4.11. The summed E-state index contributed by atoms with van der Waals surface area (Å²) >= 11 is 5.93. The van der Waals surface area contributed by atoms with Gasteiger partial charge in [-0.3, -0.25) is 0 Å². The van der Waals surface area contributed by atoms with E-state index in [-0.39, 0.29) is 0 Å². The minimum absolute atomic E-state index is 0.538. The van der Waals surface area contributed by atoms with Gasteiger partial charge in [-0.05, 0) is 31.2 Å². The number of aromatic nitrogens is 2. The Morgan fingerprint density at radius 1 is 1.47 bits per heavy atom. The van der Waals surface area contributed by atoms with E-state index in [1.165, 1.54) is 11.9 Å². The minimum atomic E-state index is 0.538. The molecule has 0 saturated carbocycles. The molecule has 78 valence electrons. The zero-order chi connectivity index (χ0) is 10.3. The van der Waals surface area contributed by atoms with Crippen LogP contribution in [0.4, 0.5) is 0 Å². The van der Waals surface area contributed by atoms with Crippen LogP contribution in [0.2, 0.25) is 5.02 Å². The van der Waals surface area contributed by atoms with Crippen molar-refractivity contribution in [3.63, 3.8) is 0 Å². The summed E-state index contributed by atoms with van der Waals surface area (Å²) in [5.74, 6) is 0. The lowest BCUT2D eigenvalue weighted by molar-refractivity contribution is 0.561. The Kier molecular flexibility index (Phi) is 2.15. The minimum Gasteiger partial charge on any atom is -0.326 e. The zero-order valence-electron chi connectivity index (χ0n) is 8.28. The molecule has 0 radical (unpaired) electrons. The zero-order valence-corrected chi connectivity index (χ0v) is 9.04. The van der Waals surface area contributed by atoms with E-state index in [9.17, 15) is 0 Å². The molecule has 0 amide bonds. The lowest BCUT2D eigenvalue weighted by Gasteiger charge is -2.11. The molecule has 1 saturated heterocycles. The molecule has 3 rings (SSSR count). The summed E-state index contributed by atoms with van der Waals surface area (Å²) in [6.07, 6.45) is 3.09. The van der Waals surface area contributed by atoms with Crippen LogP contribution in [0.25, 0.3) is 11.0 Å². The number of imidazole rings is 1. The molecule has 1 aliphatic rings. The normalized spacial score (nSPS) is 21.3. The largest absolute Gasteiger partial charge is 0.326 e. The van der Waals surface area contributed by atoms with Crippen molar-refractivity contribution in [1.82, 2.24) is 14.9 Å². The van der Waals surface area contributed by atoms with Crippen molar-refractivity contribution in [2.45, 2.75) is 12.5 Å². The third-order valence-corrected chi connectivity index (χ3v) is 3.20. The van der Waals surface area contributed by atoms with Gasteiger partial charge in [0.15, 0.2) is 0 Å².